The molecule has 0 fully saturated rings. The summed E-state index contributed by atoms with van der Waals surface area (Å²) < 4.78 is 14.2. The van der Waals surface area contributed by atoms with Crippen molar-refractivity contribution in [3.63, 3.8) is 0 Å². The van der Waals surface area contributed by atoms with Crippen molar-refractivity contribution in [3.05, 3.63) is 83.4 Å². The molecule has 0 radical (unpaired) electrons. The molecule has 1 amide bonds. The van der Waals surface area contributed by atoms with Crippen LogP contribution in [0.5, 0.6) is 17.2 Å². The summed E-state index contributed by atoms with van der Waals surface area (Å²) in [5, 5.41) is 13.0. The average molecular weight is 700 g/mol. The van der Waals surface area contributed by atoms with Gasteiger partial charge in [-0.3, -0.25) is 4.79 Å². The van der Waals surface area contributed by atoms with Gasteiger partial charge in [0.25, 0.3) is 16.6 Å². The molecule has 0 aliphatic heterocycles. The van der Waals surface area contributed by atoms with Crippen LogP contribution in [0.25, 0.3) is 11.1 Å². The molecule has 0 aromatic heterocycles. The number of phenolic OH excluding ortho intramolecular Hbond substituents is 1. The van der Waals surface area contributed by atoms with Crippen molar-refractivity contribution >= 4 is 39.4 Å². The maximum absolute atomic E-state index is 14.4. The first-order valence-corrected chi connectivity index (χ1v) is 22.7. The first-order valence-electron chi connectivity index (χ1n) is 18.5. The Balaban J connectivity index is 1.83. The van der Waals surface area contributed by atoms with E-state index >= 15 is 0 Å². The van der Waals surface area contributed by atoms with Crippen LogP contribution in [0.1, 0.15) is 119 Å². The highest BCUT2D eigenvalue weighted by atomic mass is 28.4. The molecule has 266 valence electrons. The molecule has 3 aromatic carbocycles. The number of phenols is 1. The molecule has 0 saturated heterocycles. The van der Waals surface area contributed by atoms with E-state index in [0.29, 0.717) is 38.9 Å². The SMILES string of the molecule is CCC1=C(c2ccc(O[Si](C(C)C)(C(C)C)C(C)C)cc2)C(C(=O)Nc2ccc(O)cc2)c2cc(O[Si](C(C)C)(C(C)C)C(C)C)ccc21. The summed E-state index contributed by atoms with van der Waals surface area (Å²) in [4.78, 5) is 14.4. The van der Waals surface area contributed by atoms with Gasteiger partial charge >= 0.3 is 0 Å². The number of hydrogen-bond acceptors (Lipinski definition) is 4. The number of amides is 1. The summed E-state index contributed by atoms with van der Waals surface area (Å²) in [7, 11) is -4.35. The summed E-state index contributed by atoms with van der Waals surface area (Å²) in [5.74, 6) is 1.28. The molecule has 2 N–H and O–H groups in total. The first kappa shape index (κ1) is 38.5. The maximum Gasteiger partial charge on any atom is 0.258 e. The summed E-state index contributed by atoms with van der Waals surface area (Å²) in [5.41, 5.74) is 8.66. The fourth-order valence-corrected chi connectivity index (χ4v) is 19.7. The quantitative estimate of drug-likeness (QED) is 0.130. The molecule has 1 aliphatic carbocycles. The maximum atomic E-state index is 14.4. The van der Waals surface area contributed by atoms with Gasteiger partial charge in [0.2, 0.25) is 5.91 Å². The molecular formula is C42H61NO4Si2. The molecule has 0 heterocycles. The van der Waals surface area contributed by atoms with E-state index in [1.165, 1.54) is 5.57 Å². The van der Waals surface area contributed by atoms with Crippen molar-refractivity contribution in [3.8, 4) is 17.2 Å². The van der Waals surface area contributed by atoms with Crippen molar-refractivity contribution in [1.29, 1.82) is 0 Å². The number of anilines is 1. The number of carbonyl (C=O) groups excluding carboxylic acids is 1. The number of nitrogens with one attached hydrogen (secondary N) is 1. The van der Waals surface area contributed by atoms with Gasteiger partial charge < -0.3 is 19.3 Å². The van der Waals surface area contributed by atoms with Crippen molar-refractivity contribution in [2.75, 3.05) is 5.32 Å². The zero-order valence-corrected chi connectivity index (χ0v) is 34.3. The smallest absolute Gasteiger partial charge is 0.258 e. The third-order valence-electron chi connectivity index (χ3n) is 11.2. The van der Waals surface area contributed by atoms with E-state index in [0.717, 1.165) is 40.2 Å². The molecule has 1 aliphatic rings. The third-order valence-corrected chi connectivity index (χ3v) is 23.2. The lowest BCUT2D eigenvalue weighted by molar-refractivity contribution is -0.116. The lowest BCUT2D eigenvalue weighted by atomic mass is 9.89. The molecule has 0 saturated carbocycles. The second-order valence-electron chi connectivity index (χ2n) is 15.8. The monoisotopic (exact) mass is 699 g/mol. The molecule has 1 unspecified atom stereocenters. The topological polar surface area (TPSA) is 67.8 Å². The van der Waals surface area contributed by atoms with Crippen LogP contribution in [0.4, 0.5) is 5.69 Å². The zero-order valence-electron chi connectivity index (χ0n) is 32.3. The van der Waals surface area contributed by atoms with Crippen LogP contribution in [-0.4, -0.2) is 27.6 Å². The minimum absolute atomic E-state index is 0.103. The minimum atomic E-state index is -2.22. The fraction of sp³-hybridized carbons (Fsp3) is 0.500. The molecule has 3 aromatic rings. The van der Waals surface area contributed by atoms with Crippen LogP contribution in [0.15, 0.2) is 66.7 Å². The number of carbonyl (C=O) groups is 1. The normalized spacial score (nSPS) is 15.3. The van der Waals surface area contributed by atoms with Crippen LogP contribution >= 0.6 is 0 Å². The molecule has 4 rings (SSSR count). The Morgan fingerprint density at radius 2 is 1.12 bits per heavy atom. The van der Waals surface area contributed by atoms with Crippen LogP contribution in [0.2, 0.25) is 33.2 Å². The van der Waals surface area contributed by atoms with E-state index in [9.17, 15) is 9.90 Å². The van der Waals surface area contributed by atoms with Gasteiger partial charge in [0, 0.05) is 5.69 Å². The van der Waals surface area contributed by atoms with Crippen molar-refractivity contribution < 1.29 is 18.8 Å². The number of allylic oxidation sites excluding steroid dienone is 1. The molecule has 5 nitrogen and oxygen atoms in total. The Labute approximate surface area is 298 Å². The number of benzene rings is 3. The summed E-state index contributed by atoms with van der Waals surface area (Å²) in [6.45, 7) is 29.8. The molecule has 7 heteroatoms. The Morgan fingerprint density at radius 1 is 0.673 bits per heavy atom. The van der Waals surface area contributed by atoms with E-state index in [1.807, 2.05) is 0 Å². The third kappa shape index (κ3) is 7.30. The van der Waals surface area contributed by atoms with Crippen LogP contribution < -0.4 is 14.2 Å². The van der Waals surface area contributed by atoms with Crippen LogP contribution in [0.3, 0.4) is 0 Å². The van der Waals surface area contributed by atoms with E-state index < -0.39 is 22.6 Å². The predicted octanol–water partition coefficient (Wildman–Crippen LogP) is 12.6. The summed E-state index contributed by atoms with van der Waals surface area (Å²) >= 11 is 0. The number of aromatic hydroxyl groups is 1. The second-order valence-corrected chi connectivity index (χ2v) is 26.6. The van der Waals surface area contributed by atoms with Gasteiger partial charge in [0.1, 0.15) is 17.2 Å². The van der Waals surface area contributed by atoms with Crippen molar-refractivity contribution in [2.24, 2.45) is 0 Å². The van der Waals surface area contributed by atoms with Gasteiger partial charge in [0.15, 0.2) is 0 Å². The predicted molar refractivity (Wildman–Crippen MR) is 213 cm³/mol. The highest BCUT2D eigenvalue weighted by molar-refractivity contribution is 6.78. The molecular weight excluding hydrogens is 639 g/mol. The van der Waals surface area contributed by atoms with Crippen molar-refractivity contribution in [2.45, 2.75) is 136 Å². The van der Waals surface area contributed by atoms with E-state index in [-0.39, 0.29) is 11.7 Å². The van der Waals surface area contributed by atoms with Gasteiger partial charge in [0.05, 0.1) is 5.92 Å². The highest BCUT2D eigenvalue weighted by Crippen LogP contribution is 2.51. The van der Waals surface area contributed by atoms with Crippen LogP contribution in [0, 0.1) is 0 Å². The number of fused-ring (bicyclic) bond motifs is 1. The largest absolute Gasteiger partial charge is 0.543 e. The highest BCUT2D eigenvalue weighted by Gasteiger charge is 2.48. The molecule has 49 heavy (non-hydrogen) atoms. The summed E-state index contributed by atoms with van der Waals surface area (Å²) in [6, 6.07) is 21.6. The lowest BCUT2D eigenvalue weighted by Gasteiger charge is -2.42. The Morgan fingerprint density at radius 3 is 1.57 bits per heavy atom. The molecule has 1 atom stereocenters. The van der Waals surface area contributed by atoms with Gasteiger partial charge in [-0.05, 0) is 116 Å². The Hall–Kier alpha value is -3.30. The number of rotatable bonds is 14. The van der Waals surface area contributed by atoms with Crippen molar-refractivity contribution in [1.82, 2.24) is 0 Å². The lowest BCUT2D eigenvalue weighted by Crippen LogP contribution is -2.50. The van der Waals surface area contributed by atoms with E-state index in [2.05, 4.69) is 138 Å². The van der Waals surface area contributed by atoms with Gasteiger partial charge in [-0.25, -0.2) is 0 Å². The standard InChI is InChI=1S/C42H61NO4Si2/c1-14-37-38-24-23-36(47-49(29(8)9,30(10)11)31(12)13)25-39(38)41(42(45)43-33-17-19-34(44)20-18-33)40(37)32-15-21-35(22-16-32)46-48(26(2)3,27(4)5)28(6)7/h15-31,41,44H,14H2,1-13H3,(H,43,45). The zero-order chi connectivity index (χ0) is 36.4. The Bertz CT molecular complexity index is 1580. The molecule has 0 bridgehead atoms. The van der Waals surface area contributed by atoms with Gasteiger partial charge in [-0.2, -0.15) is 0 Å². The van der Waals surface area contributed by atoms with E-state index in [1.54, 1.807) is 24.3 Å². The van der Waals surface area contributed by atoms with Crippen LogP contribution in [-0.2, 0) is 4.79 Å². The first-order chi connectivity index (χ1) is 23.0. The average Bonchev–Trinajstić information content (AvgIpc) is 3.36. The molecule has 0 spiro atoms. The number of hydrogen-bond donors (Lipinski definition) is 2. The van der Waals surface area contributed by atoms with E-state index in [4.69, 9.17) is 8.85 Å². The Kier molecular flexibility index (Phi) is 12.0. The summed E-state index contributed by atoms with van der Waals surface area (Å²) in [6.07, 6.45) is 0.788. The minimum Gasteiger partial charge on any atom is -0.543 e. The van der Waals surface area contributed by atoms with Gasteiger partial charge in [-0.1, -0.05) is 108 Å². The van der Waals surface area contributed by atoms with Gasteiger partial charge in [-0.15, -0.1) is 0 Å². The fourth-order valence-electron chi connectivity index (χ4n) is 9.16. The second kappa shape index (κ2) is 15.3.